The van der Waals surface area contributed by atoms with Crippen molar-refractivity contribution in [2.24, 2.45) is 0 Å². The summed E-state index contributed by atoms with van der Waals surface area (Å²) in [7, 11) is 0. The van der Waals surface area contributed by atoms with Gasteiger partial charge in [-0.1, -0.05) is 18.7 Å². The van der Waals surface area contributed by atoms with Crippen molar-refractivity contribution in [3.05, 3.63) is 35.4 Å². The van der Waals surface area contributed by atoms with Crippen LogP contribution in [0.1, 0.15) is 18.3 Å². The van der Waals surface area contributed by atoms with E-state index in [1.54, 1.807) is 23.6 Å². The number of aliphatic carboxylic acids is 1. The Bertz CT molecular complexity index is 643. The molecule has 0 aliphatic heterocycles. The van der Waals surface area contributed by atoms with Crippen molar-refractivity contribution in [2.45, 2.75) is 25.4 Å². The van der Waals surface area contributed by atoms with Crippen molar-refractivity contribution < 1.29 is 14.3 Å². The predicted molar refractivity (Wildman–Crippen MR) is 73.8 cm³/mol. The Balaban J connectivity index is 2.44. The maximum absolute atomic E-state index is 13.4. The molecule has 0 atom stereocenters. The van der Waals surface area contributed by atoms with Crippen LogP contribution in [0.15, 0.2) is 23.4 Å². The van der Waals surface area contributed by atoms with E-state index in [1.807, 2.05) is 6.92 Å². The third-order valence-corrected chi connectivity index (χ3v) is 3.65. The molecule has 2 aromatic rings. The van der Waals surface area contributed by atoms with E-state index in [2.05, 4.69) is 10.2 Å². The summed E-state index contributed by atoms with van der Waals surface area (Å²) < 4.78 is 15.1. The molecule has 1 aromatic heterocycles. The van der Waals surface area contributed by atoms with Crippen LogP contribution < -0.4 is 0 Å². The molecule has 0 unspecified atom stereocenters. The monoisotopic (exact) mass is 295 g/mol. The SMILES string of the molecule is CCc1nnc(SCC(=O)O)n1-c1ccc(F)c(C)c1. The standard InChI is InChI=1S/C13H14FN3O2S/c1-3-11-15-16-13(20-7-12(18)19)17(11)9-4-5-10(14)8(2)6-9/h4-6H,3,7H2,1-2H3,(H,18,19). The molecule has 1 aromatic carbocycles. The molecule has 0 fully saturated rings. The quantitative estimate of drug-likeness (QED) is 0.858. The zero-order valence-electron chi connectivity index (χ0n) is 11.1. The van der Waals surface area contributed by atoms with Gasteiger partial charge in [0.1, 0.15) is 11.6 Å². The van der Waals surface area contributed by atoms with Crippen LogP contribution >= 0.6 is 11.8 Å². The van der Waals surface area contributed by atoms with Gasteiger partial charge < -0.3 is 5.11 Å². The molecule has 7 heteroatoms. The largest absolute Gasteiger partial charge is 0.481 e. The van der Waals surface area contributed by atoms with Crippen molar-refractivity contribution in [3.63, 3.8) is 0 Å². The summed E-state index contributed by atoms with van der Waals surface area (Å²) in [5.41, 5.74) is 1.26. The zero-order valence-corrected chi connectivity index (χ0v) is 11.9. The van der Waals surface area contributed by atoms with Gasteiger partial charge in [0.05, 0.1) is 5.75 Å². The van der Waals surface area contributed by atoms with Gasteiger partial charge >= 0.3 is 5.97 Å². The molecule has 106 valence electrons. The van der Waals surface area contributed by atoms with Crippen LogP contribution in [0, 0.1) is 12.7 Å². The Kier molecular flexibility index (Phi) is 4.39. The van der Waals surface area contributed by atoms with Crippen molar-refractivity contribution in [3.8, 4) is 5.69 Å². The van der Waals surface area contributed by atoms with Gasteiger partial charge in [-0.15, -0.1) is 10.2 Å². The van der Waals surface area contributed by atoms with Crippen molar-refractivity contribution >= 4 is 17.7 Å². The topological polar surface area (TPSA) is 68.0 Å². The minimum atomic E-state index is -0.919. The van der Waals surface area contributed by atoms with Gasteiger partial charge in [-0.25, -0.2) is 4.39 Å². The van der Waals surface area contributed by atoms with E-state index in [1.165, 1.54) is 6.07 Å². The molecular weight excluding hydrogens is 281 g/mol. The van der Waals surface area contributed by atoms with Crippen LogP contribution in [-0.2, 0) is 11.2 Å². The highest BCUT2D eigenvalue weighted by Crippen LogP contribution is 2.23. The summed E-state index contributed by atoms with van der Waals surface area (Å²) in [6.45, 7) is 3.61. The third kappa shape index (κ3) is 2.98. The summed E-state index contributed by atoms with van der Waals surface area (Å²) >= 11 is 1.09. The van der Waals surface area contributed by atoms with Crippen LogP contribution in [0.2, 0.25) is 0 Å². The highest BCUT2D eigenvalue weighted by molar-refractivity contribution is 7.99. The minimum Gasteiger partial charge on any atom is -0.481 e. The summed E-state index contributed by atoms with van der Waals surface area (Å²) in [6, 6.07) is 4.72. The lowest BCUT2D eigenvalue weighted by molar-refractivity contribution is -0.133. The number of hydrogen-bond donors (Lipinski definition) is 1. The average Bonchev–Trinajstić information content (AvgIpc) is 2.82. The van der Waals surface area contributed by atoms with Crippen molar-refractivity contribution in [2.75, 3.05) is 5.75 Å². The van der Waals surface area contributed by atoms with E-state index in [4.69, 9.17) is 5.11 Å². The number of aromatic nitrogens is 3. The Morgan fingerprint density at radius 1 is 1.45 bits per heavy atom. The molecule has 0 bridgehead atoms. The lowest BCUT2D eigenvalue weighted by Crippen LogP contribution is -2.05. The highest BCUT2D eigenvalue weighted by Gasteiger charge is 2.15. The Morgan fingerprint density at radius 3 is 2.80 bits per heavy atom. The first-order chi connectivity index (χ1) is 9.52. The Labute approximate surface area is 119 Å². The summed E-state index contributed by atoms with van der Waals surface area (Å²) in [5.74, 6) is -0.580. The zero-order chi connectivity index (χ0) is 14.7. The summed E-state index contributed by atoms with van der Waals surface area (Å²) in [4.78, 5) is 10.7. The second-order valence-electron chi connectivity index (χ2n) is 4.20. The second kappa shape index (κ2) is 6.04. The summed E-state index contributed by atoms with van der Waals surface area (Å²) in [5, 5.41) is 17.3. The normalized spacial score (nSPS) is 10.8. The molecule has 0 aliphatic carbocycles. The Morgan fingerprint density at radius 2 is 2.20 bits per heavy atom. The molecule has 20 heavy (non-hydrogen) atoms. The van der Waals surface area contributed by atoms with Crippen LogP contribution in [0.5, 0.6) is 0 Å². The van der Waals surface area contributed by atoms with Crippen LogP contribution in [0.3, 0.4) is 0 Å². The molecule has 0 radical (unpaired) electrons. The fourth-order valence-corrected chi connectivity index (χ4v) is 2.47. The lowest BCUT2D eigenvalue weighted by atomic mass is 10.2. The predicted octanol–water partition coefficient (Wildman–Crippen LogP) is 2.45. The maximum Gasteiger partial charge on any atom is 0.313 e. The molecular formula is C13H14FN3O2S. The number of carbonyl (C=O) groups is 1. The van der Waals surface area contributed by atoms with Crippen LogP contribution in [0.25, 0.3) is 5.69 Å². The van der Waals surface area contributed by atoms with Gasteiger partial charge in [0.2, 0.25) is 0 Å². The van der Waals surface area contributed by atoms with E-state index in [9.17, 15) is 9.18 Å². The first kappa shape index (κ1) is 14.5. The molecule has 0 amide bonds. The van der Waals surface area contributed by atoms with E-state index in [-0.39, 0.29) is 11.6 Å². The number of thioether (sulfide) groups is 1. The number of carboxylic acid groups (broad SMARTS) is 1. The van der Waals surface area contributed by atoms with E-state index in [0.717, 1.165) is 17.4 Å². The molecule has 5 nitrogen and oxygen atoms in total. The van der Waals surface area contributed by atoms with E-state index in [0.29, 0.717) is 23.0 Å². The smallest absolute Gasteiger partial charge is 0.313 e. The number of halogens is 1. The van der Waals surface area contributed by atoms with Gasteiger partial charge in [0.25, 0.3) is 0 Å². The second-order valence-corrected chi connectivity index (χ2v) is 5.15. The van der Waals surface area contributed by atoms with Gasteiger partial charge in [0, 0.05) is 12.1 Å². The number of hydrogen-bond acceptors (Lipinski definition) is 4. The fourth-order valence-electron chi connectivity index (χ4n) is 1.78. The van der Waals surface area contributed by atoms with E-state index < -0.39 is 5.97 Å². The maximum atomic E-state index is 13.4. The number of benzene rings is 1. The first-order valence-electron chi connectivity index (χ1n) is 6.08. The number of carboxylic acids is 1. The van der Waals surface area contributed by atoms with Gasteiger partial charge in [-0.05, 0) is 30.7 Å². The molecule has 0 aliphatic rings. The van der Waals surface area contributed by atoms with E-state index >= 15 is 0 Å². The fraction of sp³-hybridized carbons (Fsp3) is 0.308. The summed E-state index contributed by atoms with van der Waals surface area (Å²) in [6.07, 6.45) is 0.650. The highest BCUT2D eigenvalue weighted by atomic mass is 32.2. The number of nitrogens with zero attached hydrogens (tertiary/aromatic N) is 3. The van der Waals surface area contributed by atoms with Crippen LogP contribution in [0.4, 0.5) is 4.39 Å². The molecule has 2 rings (SSSR count). The van der Waals surface area contributed by atoms with Gasteiger partial charge in [-0.2, -0.15) is 0 Å². The number of rotatable bonds is 5. The minimum absolute atomic E-state index is 0.0952. The third-order valence-electron chi connectivity index (χ3n) is 2.74. The molecule has 0 saturated carbocycles. The first-order valence-corrected chi connectivity index (χ1v) is 7.07. The van der Waals surface area contributed by atoms with Gasteiger partial charge in [0.15, 0.2) is 5.16 Å². The molecule has 1 N–H and O–H groups in total. The lowest BCUT2D eigenvalue weighted by Gasteiger charge is -2.10. The average molecular weight is 295 g/mol. The van der Waals surface area contributed by atoms with Gasteiger partial charge in [-0.3, -0.25) is 9.36 Å². The van der Waals surface area contributed by atoms with Crippen molar-refractivity contribution in [1.82, 2.24) is 14.8 Å². The van der Waals surface area contributed by atoms with Crippen molar-refractivity contribution in [1.29, 1.82) is 0 Å². The number of aryl methyl sites for hydroxylation is 2. The molecule has 1 heterocycles. The van der Waals surface area contributed by atoms with Crippen LogP contribution in [-0.4, -0.2) is 31.6 Å². The molecule has 0 spiro atoms. The molecule has 0 saturated heterocycles. The Hall–Kier alpha value is -1.89.